The predicted molar refractivity (Wildman–Crippen MR) is 121 cm³/mol. The highest BCUT2D eigenvalue weighted by atomic mass is 35.5. The standard InChI is InChI=1S/C22H16Cl2N4O4/c1-32-22(31)16-10-15(24)6-7-17(16)25-20(29)12-27-8-9-28-19(21(27)30)11-18(26-28)13-2-4-14(23)5-3-13/h2-11H,12H2,1H3,(H,25,29). The second kappa shape index (κ2) is 8.86. The van der Waals surface area contributed by atoms with Gasteiger partial charge in [0.1, 0.15) is 12.1 Å². The Kier molecular flexibility index (Phi) is 5.98. The number of carbonyl (C=O) groups excluding carboxylic acids is 2. The number of rotatable bonds is 5. The van der Waals surface area contributed by atoms with Gasteiger partial charge < -0.3 is 14.6 Å². The van der Waals surface area contributed by atoms with E-state index in [2.05, 4.69) is 10.4 Å². The third kappa shape index (κ3) is 4.37. The number of halogens is 2. The Balaban J connectivity index is 1.59. The third-order valence-electron chi connectivity index (χ3n) is 4.72. The number of esters is 1. The van der Waals surface area contributed by atoms with E-state index in [-0.39, 0.29) is 23.4 Å². The second-order valence-electron chi connectivity index (χ2n) is 6.83. The number of aromatic nitrogens is 3. The second-order valence-corrected chi connectivity index (χ2v) is 7.70. The number of anilines is 1. The van der Waals surface area contributed by atoms with Gasteiger partial charge >= 0.3 is 5.97 Å². The zero-order valence-corrected chi connectivity index (χ0v) is 18.2. The molecule has 2 heterocycles. The highest BCUT2D eigenvalue weighted by Gasteiger charge is 2.16. The van der Waals surface area contributed by atoms with Gasteiger partial charge in [-0.3, -0.25) is 9.59 Å². The van der Waals surface area contributed by atoms with Crippen LogP contribution in [-0.2, 0) is 16.1 Å². The van der Waals surface area contributed by atoms with E-state index in [4.69, 9.17) is 27.9 Å². The van der Waals surface area contributed by atoms with Crippen LogP contribution in [0.4, 0.5) is 5.69 Å². The monoisotopic (exact) mass is 470 g/mol. The van der Waals surface area contributed by atoms with Crippen molar-refractivity contribution in [1.29, 1.82) is 0 Å². The van der Waals surface area contributed by atoms with Gasteiger partial charge in [0, 0.05) is 28.0 Å². The predicted octanol–water partition coefficient (Wildman–Crippen LogP) is 3.90. The lowest BCUT2D eigenvalue weighted by Crippen LogP contribution is -2.28. The number of fused-ring (bicyclic) bond motifs is 1. The molecule has 2 aromatic carbocycles. The minimum Gasteiger partial charge on any atom is -0.465 e. The van der Waals surface area contributed by atoms with Crippen molar-refractivity contribution >= 4 is 46.3 Å². The first-order chi connectivity index (χ1) is 15.4. The molecule has 0 aliphatic rings. The van der Waals surface area contributed by atoms with Gasteiger partial charge in [0.2, 0.25) is 5.91 Å². The number of methoxy groups -OCH3 is 1. The lowest BCUT2D eigenvalue weighted by molar-refractivity contribution is -0.116. The lowest BCUT2D eigenvalue weighted by atomic mass is 10.1. The topological polar surface area (TPSA) is 94.7 Å². The number of ether oxygens (including phenoxy) is 1. The number of carbonyl (C=O) groups is 2. The number of nitrogens with zero attached hydrogens (tertiary/aromatic N) is 3. The first kappa shape index (κ1) is 21.6. The summed E-state index contributed by atoms with van der Waals surface area (Å²) in [5.41, 5.74) is 1.67. The highest BCUT2D eigenvalue weighted by Crippen LogP contribution is 2.22. The van der Waals surface area contributed by atoms with Crippen molar-refractivity contribution < 1.29 is 14.3 Å². The van der Waals surface area contributed by atoms with E-state index in [1.165, 1.54) is 40.6 Å². The molecule has 0 saturated carbocycles. The molecule has 4 rings (SSSR count). The smallest absolute Gasteiger partial charge is 0.340 e. The molecule has 2 aromatic heterocycles. The number of hydrogen-bond acceptors (Lipinski definition) is 5. The van der Waals surface area contributed by atoms with Crippen LogP contribution in [0.5, 0.6) is 0 Å². The fourth-order valence-electron chi connectivity index (χ4n) is 3.16. The zero-order chi connectivity index (χ0) is 22.8. The van der Waals surface area contributed by atoms with Crippen LogP contribution >= 0.6 is 23.2 Å². The largest absolute Gasteiger partial charge is 0.465 e. The summed E-state index contributed by atoms with van der Waals surface area (Å²) in [6.45, 7) is -0.264. The van der Waals surface area contributed by atoms with Gasteiger partial charge in [-0.2, -0.15) is 5.10 Å². The van der Waals surface area contributed by atoms with E-state index in [9.17, 15) is 14.4 Å². The van der Waals surface area contributed by atoms with Crippen LogP contribution in [0, 0.1) is 0 Å². The van der Waals surface area contributed by atoms with Gasteiger partial charge in [-0.15, -0.1) is 0 Å². The number of hydrogen-bond donors (Lipinski definition) is 1. The summed E-state index contributed by atoms with van der Waals surface area (Å²) in [5.74, 6) is -1.14. The molecule has 4 aromatic rings. The van der Waals surface area contributed by atoms with Crippen molar-refractivity contribution in [1.82, 2.24) is 14.2 Å². The molecule has 1 N–H and O–H groups in total. The summed E-state index contributed by atoms with van der Waals surface area (Å²) >= 11 is 11.9. The molecule has 0 aliphatic carbocycles. The summed E-state index contributed by atoms with van der Waals surface area (Å²) in [5, 5.41) is 7.95. The first-order valence-corrected chi connectivity index (χ1v) is 10.1. The van der Waals surface area contributed by atoms with Crippen molar-refractivity contribution in [3.63, 3.8) is 0 Å². The van der Waals surface area contributed by atoms with E-state index < -0.39 is 11.9 Å². The molecule has 0 spiro atoms. The molecule has 0 atom stereocenters. The maximum absolute atomic E-state index is 12.9. The van der Waals surface area contributed by atoms with Crippen molar-refractivity contribution in [3.05, 3.63) is 86.9 Å². The number of nitrogens with one attached hydrogen (secondary N) is 1. The molecule has 0 saturated heterocycles. The quantitative estimate of drug-likeness (QED) is 0.446. The van der Waals surface area contributed by atoms with Crippen molar-refractivity contribution in [2.75, 3.05) is 12.4 Å². The minimum absolute atomic E-state index is 0.111. The molecule has 0 bridgehead atoms. The number of benzene rings is 2. The van der Waals surface area contributed by atoms with Gasteiger partial charge in [0.15, 0.2) is 0 Å². The molecular formula is C22H16Cl2N4O4. The van der Waals surface area contributed by atoms with Crippen LogP contribution in [0.1, 0.15) is 10.4 Å². The molecule has 0 aliphatic heterocycles. The Hall–Kier alpha value is -3.62. The maximum atomic E-state index is 12.9. The summed E-state index contributed by atoms with van der Waals surface area (Å²) in [4.78, 5) is 37.4. The van der Waals surface area contributed by atoms with Gasteiger partial charge in [-0.25, -0.2) is 9.31 Å². The molecule has 32 heavy (non-hydrogen) atoms. The molecule has 10 heteroatoms. The summed E-state index contributed by atoms with van der Waals surface area (Å²) in [6.07, 6.45) is 3.06. The third-order valence-corrected chi connectivity index (χ3v) is 5.21. The van der Waals surface area contributed by atoms with Crippen LogP contribution < -0.4 is 10.9 Å². The molecule has 0 fully saturated rings. The molecular weight excluding hydrogens is 455 g/mol. The average Bonchev–Trinajstić information content (AvgIpc) is 3.22. The Labute approximate surface area is 191 Å². The van der Waals surface area contributed by atoms with Gasteiger partial charge in [0.05, 0.1) is 24.1 Å². The van der Waals surface area contributed by atoms with Crippen LogP contribution in [0.15, 0.2) is 65.7 Å². The Morgan fingerprint density at radius 3 is 2.47 bits per heavy atom. The first-order valence-electron chi connectivity index (χ1n) is 9.38. The van der Waals surface area contributed by atoms with Gasteiger partial charge in [-0.1, -0.05) is 35.3 Å². The van der Waals surface area contributed by atoms with Crippen molar-refractivity contribution in [2.45, 2.75) is 6.54 Å². The molecule has 0 unspecified atom stereocenters. The SMILES string of the molecule is COC(=O)c1cc(Cl)ccc1NC(=O)Cn1ccn2nc(-c3ccc(Cl)cc3)cc2c1=O. The average molecular weight is 471 g/mol. The maximum Gasteiger partial charge on any atom is 0.340 e. The molecule has 162 valence electrons. The van der Waals surface area contributed by atoms with Gasteiger partial charge in [0.25, 0.3) is 5.56 Å². The van der Waals surface area contributed by atoms with Crippen molar-refractivity contribution in [2.24, 2.45) is 0 Å². The number of amides is 1. The summed E-state index contributed by atoms with van der Waals surface area (Å²) < 4.78 is 7.43. The van der Waals surface area contributed by atoms with Gasteiger partial charge in [-0.05, 0) is 36.4 Å². The fourth-order valence-corrected chi connectivity index (χ4v) is 3.46. The van der Waals surface area contributed by atoms with Crippen LogP contribution in [0.2, 0.25) is 10.0 Å². The Morgan fingerprint density at radius 1 is 1.03 bits per heavy atom. The van der Waals surface area contributed by atoms with E-state index in [0.29, 0.717) is 21.3 Å². The minimum atomic E-state index is -0.643. The van der Waals surface area contributed by atoms with E-state index in [1.807, 2.05) is 0 Å². The Bertz CT molecular complexity index is 1390. The lowest BCUT2D eigenvalue weighted by Gasteiger charge is -2.11. The van der Waals surface area contributed by atoms with Crippen molar-refractivity contribution in [3.8, 4) is 11.3 Å². The van der Waals surface area contributed by atoms with E-state index in [0.717, 1.165) is 5.56 Å². The van der Waals surface area contributed by atoms with Crippen LogP contribution in [0.3, 0.4) is 0 Å². The molecule has 8 nitrogen and oxygen atoms in total. The van der Waals surface area contributed by atoms with Crippen LogP contribution in [-0.4, -0.2) is 33.2 Å². The fraction of sp³-hybridized carbons (Fsp3) is 0.0909. The normalized spacial score (nSPS) is 10.8. The molecule has 1 amide bonds. The van der Waals surface area contributed by atoms with E-state index in [1.54, 1.807) is 36.5 Å². The zero-order valence-electron chi connectivity index (χ0n) is 16.7. The summed E-state index contributed by atoms with van der Waals surface area (Å²) in [6, 6.07) is 13.2. The van der Waals surface area contributed by atoms with Crippen LogP contribution in [0.25, 0.3) is 16.8 Å². The molecule has 0 radical (unpaired) electrons. The Morgan fingerprint density at radius 2 is 1.75 bits per heavy atom. The van der Waals surface area contributed by atoms with E-state index >= 15 is 0 Å². The summed E-state index contributed by atoms with van der Waals surface area (Å²) in [7, 11) is 1.23. The highest BCUT2D eigenvalue weighted by molar-refractivity contribution is 6.31.